The van der Waals surface area contributed by atoms with E-state index in [0.29, 0.717) is 28.0 Å². The molecule has 0 fully saturated rings. The second-order valence-electron chi connectivity index (χ2n) is 8.96. The predicted octanol–water partition coefficient (Wildman–Crippen LogP) is 6.57. The van der Waals surface area contributed by atoms with Crippen LogP contribution in [-0.2, 0) is 10.0 Å². The average molecular weight is 498 g/mol. The van der Waals surface area contributed by atoms with E-state index < -0.39 is 21.4 Å². The number of hydrogen-bond donors (Lipinski definition) is 2. The van der Waals surface area contributed by atoms with Crippen LogP contribution >= 0.6 is 0 Å². The molecule has 0 unspecified atom stereocenters. The third kappa shape index (κ3) is 8.50. The normalized spacial score (nSPS) is 12.6. The summed E-state index contributed by atoms with van der Waals surface area (Å²) in [7, 11) is -2.12. The number of hydrogen-bond acceptors (Lipinski definition) is 4. The quantitative estimate of drug-likeness (QED) is 0.335. The van der Waals surface area contributed by atoms with Gasteiger partial charge in [-0.1, -0.05) is 63.3 Å². The summed E-state index contributed by atoms with van der Waals surface area (Å²) in [5, 5.41) is 12.3. The van der Waals surface area contributed by atoms with Crippen molar-refractivity contribution in [3.05, 3.63) is 83.8 Å². The Morgan fingerprint density at radius 1 is 1.17 bits per heavy atom. The Bertz CT molecular complexity index is 1250. The highest BCUT2D eigenvalue weighted by Crippen LogP contribution is 2.31. The standard InChI is InChI=1S/C25H28FN3O2S.C3H8/c1-7-18(14-20(16-27)17(2)28-6)21-13-12-19(15-23(21)26)22-10-8-9-11-24(22)32(30,31)29-25(3,4)5;1-3-2/h7-15,28-29H,1H2,2-6H3;3H2,1-2H3/b18-14+,20-17-;. The van der Waals surface area contributed by atoms with Gasteiger partial charge in [0.05, 0.1) is 10.5 Å². The molecular formula is C28H36FN3O2S. The molecule has 0 spiro atoms. The summed E-state index contributed by atoms with van der Waals surface area (Å²) >= 11 is 0. The van der Waals surface area contributed by atoms with Gasteiger partial charge in [0.25, 0.3) is 0 Å². The highest BCUT2D eigenvalue weighted by atomic mass is 32.2. The van der Waals surface area contributed by atoms with Gasteiger partial charge < -0.3 is 5.32 Å². The van der Waals surface area contributed by atoms with Crippen LogP contribution in [0.25, 0.3) is 16.7 Å². The van der Waals surface area contributed by atoms with Crippen molar-refractivity contribution in [2.45, 2.75) is 58.4 Å². The molecule has 0 atom stereocenters. The van der Waals surface area contributed by atoms with Crippen LogP contribution in [0.3, 0.4) is 0 Å². The molecule has 0 aliphatic heterocycles. The summed E-state index contributed by atoms with van der Waals surface area (Å²) in [5.74, 6) is -0.552. The predicted molar refractivity (Wildman–Crippen MR) is 143 cm³/mol. The van der Waals surface area contributed by atoms with Crippen LogP contribution in [0.2, 0.25) is 0 Å². The molecule has 2 aromatic carbocycles. The van der Waals surface area contributed by atoms with Gasteiger partial charge in [-0.2, -0.15) is 5.26 Å². The van der Waals surface area contributed by atoms with Crippen LogP contribution in [-0.4, -0.2) is 21.0 Å². The van der Waals surface area contributed by atoms with Crippen molar-refractivity contribution >= 4 is 15.6 Å². The van der Waals surface area contributed by atoms with Crippen LogP contribution < -0.4 is 10.0 Å². The molecule has 0 saturated carbocycles. The first-order chi connectivity index (χ1) is 16.3. The number of sulfonamides is 1. The molecule has 2 aromatic rings. The van der Waals surface area contributed by atoms with Gasteiger partial charge in [-0.15, -0.1) is 0 Å². The highest BCUT2D eigenvalue weighted by molar-refractivity contribution is 7.89. The van der Waals surface area contributed by atoms with E-state index in [1.165, 1.54) is 24.6 Å². The van der Waals surface area contributed by atoms with Crippen molar-refractivity contribution < 1.29 is 12.8 Å². The molecule has 0 aromatic heterocycles. The molecular weight excluding hydrogens is 461 g/mol. The van der Waals surface area contributed by atoms with Crippen molar-refractivity contribution in [3.8, 4) is 17.2 Å². The van der Waals surface area contributed by atoms with E-state index in [9.17, 15) is 13.7 Å². The van der Waals surface area contributed by atoms with Crippen LogP contribution in [0.4, 0.5) is 4.39 Å². The molecule has 0 saturated heterocycles. The first kappa shape index (κ1) is 29.8. The molecule has 188 valence electrons. The van der Waals surface area contributed by atoms with Crippen LogP contribution in [0.15, 0.2) is 77.4 Å². The third-order valence-corrected chi connectivity index (χ3v) is 6.44. The van der Waals surface area contributed by atoms with Gasteiger partial charge in [0.2, 0.25) is 10.0 Å². The Labute approximate surface area is 210 Å². The molecule has 0 amide bonds. The molecule has 0 aliphatic rings. The maximum Gasteiger partial charge on any atom is 0.241 e. The summed E-state index contributed by atoms with van der Waals surface area (Å²) < 4.78 is 43.6. The number of allylic oxidation sites excluding steroid dienone is 5. The fourth-order valence-electron chi connectivity index (χ4n) is 3.08. The Hall–Kier alpha value is -3.21. The summed E-state index contributed by atoms with van der Waals surface area (Å²) in [4.78, 5) is 0.0703. The minimum absolute atomic E-state index is 0.0703. The molecule has 35 heavy (non-hydrogen) atoms. The number of nitrogens with one attached hydrogen (secondary N) is 2. The van der Waals surface area contributed by atoms with Crippen molar-refractivity contribution in [3.63, 3.8) is 0 Å². The van der Waals surface area contributed by atoms with Gasteiger partial charge >= 0.3 is 0 Å². The van der Waals surface area contributed by atoms with E-state index in [4.69, 9.17) is 0 Å². The Morgan fingerprint density at radius 3 is 2.26 bits per heavy atom. The lowest BCUT2D eigenvalue weighted by Crippen LogP contribution is -2.40. The maximum absolute atomic E-state index is 15.1. The Balaban J connectivity index is 0.00000194. The first-order valence-electron chi connectivity index (χ1n) is 11.4. The largest absolute Gasteiger partial charge is 0.391 e. The van der Waals surface area contributed by atoms with E-state index in [2.05, 4.69) is 36.5 Å². The molecule has 7 heteroatoms. The lowest BCUT2D eigenvalue weighted by molar-refractivity contribution is 0.491. The zero-order valence-corrected chi connectivity index (χ0v) is 22.5. The van der Waals surface area contributed by atoms with Gasteiger partial charge in [-0.05, 0) is 57.0 Å². The average Bonchev–Trinajstić information content (AvgIpc) is 2.79. The third-order valence-electron chi connectivity index (χ3n) is 4.63. The monoisotopic (exact) mass is 497 g/mol. The lowest BCUT2D eigenvalue weighted by Gasteiger charge is -2.21. The number of halogens is 1. The van der Waals surface area contributed by atoms with Crippen LogP contribution in [0, 0.1) is 17.1 Å². The number of nitrogens with zero attached hydrogens (tertiary/aromatic N) is 1. The van der Waals surface area contributed by atoms with Crippen molar-refractivity contribution in [2.24, 2.45) is 0 Å². The van der Waals surface area contributed by atoms with Gasteiger partial charge in [0.15, 0.2) is 0 Å². The topological polar surface area (TPSA) is 82.0 Å². The molecule has 5 nitrogen and oxygen atoms in total. The fourth-order valence-corrected chi connectivity index (χ4v) is 4.72. The molecule has 0 heterocycles. The molecule has 0 radical (unpaired) electrons. The molecule has 0 bridgehead atoms. The number of rotatable bonds is 7. The lowest BCUT2D eigenvalue weighted by atomic mass is 9.98. The minimum Gasteiger partial charge on any atom is -0.391 e. The van der Waals surface area contributed by atoms with Crippen LogP contribution in [0.5, 0.6) is 0 Å². The van der Waals surface area contributed by atoms with E-state index in [1.54, 1.807) is 71.2 Å². The van der Waals surface area contributed by atoms with Gasteiger partial charge in [-0.25, -0.2) is 17.5 Å². The zero-order valence-electron chi connectivity index (χ0n) is 21.7. The molecule has 0 aliphatic carbocycles. The number of nitriles is 1. The second-order valence-corrected chi connectivity index (χ2v) is 10.6. The van der Waals surface area contributed by atoms with Crippen molar-refractivity contribution in [1.82, 2.24) is 10.0 Å². The van der Waals surface area contributed by atoms with Crippen molar-refractivity contribution in [1.29, 1.82) is 5.26 Å². The maximum atomic E-state index is 15.1. The highest BCUT2D eigenvalue weighted by Gasteiger charge is 2.25. The SMILES string of the molecule is C=C/C(=C\C(C#N)=C(/C)NC)c1ccc(-c2ccccc2S(=O)(=O)NC(C)(C)C)cc1F.CCC. The van der Waals surface area contributed by atoms with Gasteiger partial charge in [-0.3, -0.25) is 0 Å². The van der Waals surface area contributed by atoms with Gasteiger partial charge in [0, 0.05) is 29.4 Å². The molecule has 2 N–H and O–H groups in total. The fraction of sp³-hybridized carbons (Fsp3) is 0.321. The van der Waals surface area contributed by atoms with Gasteiger partial charge in [0.1, 0.15) is 11.9 Å². The summed E-state index contributed by atoms with van der Waals surface area (Å²) in [5.41, 5.74) is 1.85. The number of benzene rings is 2. The van der Waals surface area contributed by atoms with E-state index in [1.807, 2.05) is 0 Å². The van der Waals surface area contributed by atoms with E-state index in [-0.39, 0.29) is 10.5 Å². The summed E-state index contributed by atoms with van der Waals surface area (Å²) in [6.45, 7) is 15.0. The smallest absolute Gasteiger partial charge is 0.241 e. The summed E-state index contributed by atoms with van der Waals surface area (Å²) in [6, 6.07) is 13.1. The minimum atomic E-state index is -3.82. The van der Waals surface area contributed by atoms with E-state index in [0.717, 1.165) is 0 Å². The zero-order chi connectivity index (χ0) is 26.8. The first-order valence-corrected chi connectivity index (χ1v) is 12.9. The molecule has 2 rings (SSSR count). The van der Waals surface area contributed by atoms with Crippen LogP contribution in [0.1, 0.15) is 53.5 Å². The van der Waals surface area contributed by atoms with E-state index >= 15 is 4.39 Å². The Morgan fingerprint density at radius 2 is 1.77 bits per heavy atom. The summed E-state index contributed by atoms with van der Waals surface area (Å²) in [6.07, 6.45) is 4.28. The Kier molecular flexibility index (Phi) is 11.1. The van der Waals surface area contributed by atoms with Crippen molar-refractivity contribution in [2.75, 3.05) is 7.05 Å². The second kappa shape index (κ2) is 13.0.